The number of hydrogen-bond donors (Lipinski definition) is 0. The zero-order valence-electron chi connectivity index (χ0n) is 13.5. The molecule has 1 aromatic carbocycles. The van der Waals surface area contributed by atoms with Crippen LogP contribution in [-0.2, 0) is 9.59 Å². The van der Waals surface area contributed by atoms with Gasteiger partial charge in [-0.05, 0) is 38.0 Å². The van der Waals surface area contributed by atoms with Gasteiger partial charge in [0, 0.05) is 24.7 Å². The molecule has 1 aliphatic heterocycles. The molecule has 4 heteroatoms. The molecule has 0 aliphatic carbocycles. The summed E-state index contributed by atoms with van der Waals surface area (Å²) >= 11 is 0. The zero-order chi connectivity index (χ0) is 15.7. The third kappa shape index (κ3) is 2.80. The third-order valence-corrected chi connectivity index (χ3v) is 4.30. The van der Waals surface area contributed by atoms with Crippen molar-refractivity contribution in [1.82, 2.24) is 4.90 Å². The van der Waals surface area contributed by atoms with Crippen molar-refractivity contribution in [3.05, 3.63) is 29.3 Å². The smallest absolute Gasteiger partial charge is 0.249 e. The largest absolute Gasteiger partial charge is 0.329 e. The summed E-state index contributed by atoms with van der Waals surface area (Å²) in [5.41, 5.74) is 3.26. The van der Waals surface area contributed by atoms with Crippen LogP contribution in [0.5, 0.6) is 0 Å². The van der Waals surface area contributed by atoms with Crippen molar-refractivity contribution in [3.63, 3.8) is 0 Å². The van der Waals surface area contributed by atoms with E-state index in [1.165, 1.54) is 5.56 Å². The number of anilines is 1. The average molecular weight is 288 g/mol. The topological polar surface area (TPSA) is 40.6 Å². The van der Waals surface area contributed by atoms with Crippen molar-refractivity contribution in [1.29, 1.82) is 0 Å². The van der Waals surface area contributed by atoms with Gasteiger partial charge >= 0.3 is 0 Å². The van der Waals surface area contributed by atoms with Crippen LogP contribution in [-0.4, -0.2) is 35.8 Å². The molecule has 1 fully saturated rings. The second kappa shape index (κ2) is 5.88. The number of nitrogens with zero attached hydrogens (tertiary/aromatic N) is 2. The van der Waals surface area contributed by atoms with Gasteiger partial charge in [-0.15, -0.1) is 0 Å². The lowest BCUT2D eigenvalue weighted by Crippen LogP contribution is -2.58. The molecule has 21 heavy (non-hydrogen) atoms. The summed E-state index contributed by atoms with van der Waals surface area (Å²) in [5.74, 6) is -0.0204. The van der Waals surface area contributed by atoms with Crippen molar-refractivity contribution in [2.24, 2.45) is 5.92 Å². The van der Waals surface area contributed by atoms with Gasteiger partial charge in [0.25, 0.3) is 0 Å². The molecule has 0 spiro atoms. The summed E-state index contributed by atoms with van der Waals surface area (Å²) in [6.07, 6.45) is 0. The molecule has 1 saturated heterocycles. The summed E-state index contributed by atoms with van der Waals surface area (Å²) < 4.78 is 0. The van der Waals surface area contributed by atoms with Crippen LogP contribution in [0.4, 0.5) is 5.69 Å². The van der Waals surface area contributed by atoms with Gasteiger partial charge in [-0.1, -0.05) is 26.0 Å². The average Bonchev–Trinajstić information content (AvgIpc) is 2.44. The summed E-state index contributed by atoms with van der Waals surface area (Å²) in [4.78, 5) is 28.4. The number of piperazine rings is 1. The van der Waals surface area contributed by atoms with E-state index in [-0.39, 0.29) is 17.7 Å². The monoisotopic (exact) mass is 288 g/mol. The van der Waals surface area contributed by atoms with E-state index in [2.05, 4.69) is 0 Å². The highest BCUT2D eigenvalue weighted by Crippen LogP contribution is 2.26. The van der Waals surface area contributed by atoms with Crippen molar-refractivity contribution >= 4 is 17.5 Å². The minimum atomic E-state index is -0.395. The van der Waals surface area contributed by atoms with Crippen LogP contribution in [0.15, 0.2) is 18.2 Å². The Kier molecular flexibility index (Phi) is 4.35. The first kappa shape index (κ1) is 15.5. The number of benzene rings is 1. The highest BCUT2D eigenvalue weighted by atomic mass is 16.2. The van der Waals surface area contributed by atoms with Gasteiger partial charge in [0.15, 0.2) is 0 Å². The molecule has 1 aliphatic rings. The Labute approximate surface area is 126 Å². The van der Waals surface area contributed by atoms with Gasteiger partial charge in [-0.3, -0.25) is 9.59 Å². The van der Waals surface area contributed by atoms with Crippen LogP contribution < -0.4 is 4.90 Å². The number of carbonyl (C=O) groups excluding carboxylic acids is 2. The predicted molar refractivity (Wildman–Crippen MR) is 84.3 cm³/mol. The van der Waals surface area contributed by atoms with Crippen LogP contribution in [0.1, 0.15) is 31.9 Å². The number of rotatable bonds is 2. The maximum Gasteiger partial charge on any atom is 0.249 e. The molecule has 2 rings (SSSR count). The maximum absolute atomic E-state index is 12.7. The molecule has 0 N–H and O–H groups in total. The van der Waals surface area contributed by atoms with Gasteiger partial charge in [0.1, 0.15) is 6.04 Å². The van der Waals surface area contributed by atoms with Crippen LogP contribution in [0.25, 0.3) is 0 Å². The van der Waals surface area contributed by atoms with E-state index in [1.54, 1.807) is 4.90 Å². The van der Waals surface area contributed by atoms with Crippen LogP contribution in [0, 0.1) is 19.8 Å². The minimum absolute atomic E-state index is 0.00366. The Morgan fingerprint density at radius 3 is 2.52 bits per heavy atom. The lowest BCUT2D eigenvalue weighted by atomic mass is 10.0. The van der Waals surface area contributed by atoms with Gasteiger partial charge in [0.05, 0.1) is 0 Å². The molecule has 1 heterocycles. The first-order valence-corrected chi connectivity index (χ1v) is 7.52. The summed E-state index contributed by atoms with van der Waals surface area (Å²) in [7, 11) is 0. The molecular weight excluding hydrogens is 264 g/mol. The highest BCUT2D eigenvalue weighted by Gasteiger charge is 2.36. The zero-order valence-corrected chi connectivity index (χ0v) is 13.5. The summed E-state index contributed by atoms with van der Waals surface area (Å²) in [6, 6.07) is 5.60. The molecule has 114 valence electrons. The summed E-state index contributed by atoms with van der Waals surface area (Å²) in [6.45, 7) is 10.8. The lowest BCUT2D eigenvalue weighted by Gasteiger charge is -2.40. The molecule has 4 nitrogen and oxygen atoms in total. The molecule has 2 amide bonds. The normalized spacial score (nSPS) is 19.3. The molecule has 1 aromatic rings. The number of amides is 2. The van der Waals surface area contributed by atoms with E-state index >= 15 is 0 Å². The number of hydrogen-bond acceptors (Lipinski definition) is 2. The van der Waals surface area contributed by atoms with Crippen LogP contribution in [0.3, 0.4) is 0 Å². The van der Waals surface area contributed by atoms with E-state index < -0.39 is 6.04 Å². The fourth-order valence-electron chi connectivity index (χ4n) is 2.77. The Balaban J connectivity index is 2.26. The number of aryl methyl sites for hydroxylation is 1. The van der Waals surface area contributed by atoms with Gasteiger partial charge in [-0.2, -0.15) is 0 Å². The maximum atomic E-state index is 12.7. The fourth-order valence-corrected chi connectivity index (χ4v) is 2.77. The van der Waals surface area contributed by atoms with E-state index in [9.17, 15) is 9.59 Å². The predicted octanol–water partition coefficient (Wildman–Crippen LogP) is 2.52. The molecule has 1 atom stereocenters. The molecule has 0 radical (unpaired) electrons. The van der Waals surface area contributed by atoms with Crippen molar-refractivity contribution in [3.8, 4) is 0 Å². The van der Waals surface area contributed by atoms with Crippen molar-refractivity contribution in [2.75, 3.05) is 18.0 Å². The Morgan fingerprint density at radius 2 is 1.90 bits per heavy atom. The number of carbonyl (C=O) groups is 2. The van der Waals surface area contributed by atoms with Crippen molar-refractivity contribution < 1.29 is 9.59 Å². The van der Waals surface area contributed by atoms with E-state index in [0.29, 0.717) is 13.1 Å². The van der Waals surface area contributed by atoms with Gasteiger partial charge < -0.3 is 9.80 Å². The standard InChI is InChI=1S/C17H24N2O2/c1-11(2)16(20)18-9-10-19(17(21)14(18)5)15-8-6-7-12(3)13(15)4/h6-8,11,14H,9-10H2,1-5H3. The third-order valence-electron chi connectivity index (χ3n) is 4.30. The molecule has 0 bridgehead atoms. The molecule has 0 saturated carbocycles. The Morgan fingerprint density at radius 1 is 1.24 bits per heavy atom. The molecule has 0 aromatic heterocycles. The Hall–Kier alpha value is -1.84. The Bertz CT molecular complexity index is 566. The molecule has 1 unspecified atom stereocenters. The second-order valence-corrected chi connectivity index (χ2v) is 6.07. The van der Waals surface area contributed by atoms with E-state index in [4.69, 9.17) is 0 Å². The van der Waals surface area contributed by atoms with E-state index in [1.807, 2.05) is 57.7 Å². The van der Waals surface area contributed by atoms with E-state index in [0.717, 1.165) is 11.3 Å². The van der Waals surface area contributed by atoms with Gasteiger partial charge in [0.2, 0.25) is 11.8 Å². The van der Waals surface area contributed by atoms with Gasteiger partial charge in [-0.25, -0.2) is 0 Å². The van der Waals surface area contributed by atoms with Crippen LogP contribution >= 0.6 is 0 Å². The second-order valence-electron chi connectivity index (χ2n) is 6.07. The minimum Gasteiger partial charge on any atom is -0.329 e. The quantitative estimate of drug-likeness (QED) is 0.839. The first-order chi connectivity index (χ1) is 9.84. The fraction of sp³-hybridized carbons (Fsp3) is 0.529. The molecular formula is C17H24N2O2. The van der Waals surface area contributed by atoms with Crippen molar-refractivity contribution in [2.45, 2.75) is 40.7 Å². The SMILES string of the molecule is Cc1cccc(N2CCN(C(=O)C(C)C)C(C)C2=O)c1C. The first-order valence-electron chi connectivity index (χ1n) is 7.52. The summed E-state index contributed by atoms with van der Waals surface area (Å²) in [5, 5.41) is 0. The highest BCUT2D eigenvalue weighted by molar-refractivity contribution is 6.00. The lowest BCUT2D eigenvalue weighted by molar-refractivity contribution is -0.143. The van der Waals surface area contributed by atoms with Crippen LogP contribution in [0.2, 0.25) is 0 Å².